The Labute approximate surface area is 265 Å². The largest absolute Gasteiger partial charge is 0.573 e. The third kappa shape index (κ3) is 14.6. The van der Waals surface area contributed by atoms with E-state index in [0.717, 1.165) is 13.0 Å². The van der Waals surface area contributed by atoms with Gasteiger partial charge in [0.15, 0.2) is 0 Å². The van der Waals surface area contributed by atoms with Gasteiger partial charge in [-0.05, 0) is 62.8 Å². The van der Waals surface area contributed by atoms with E-state index in [4.69, 9.17) is 14.2 Å². The normalized spacial score (nSPS) is 11.2. The summed E-state index contributed by atoms with van der Waals surface area (Å²) in [6.07, 6.45) is -1.88. The van der Waals surface area contributed by atoms with Crippen molar-refractivity contribution in [3.63, 3.8) is 0 Å². The van der Waals surface area contributed by atoms with Crippen LogP contribution < -0.4 is 26.0 Å². The van der Waals surface area contributed by atoms with Gasteiger partial charge >= 0.3 is 6.36 Å². The van der Waals surface area contributed by atoms with Crippen LogP contribution in [0.4, 0.5) is 24.7 Å². The zero-order chi connectivity index (χ0) is 33.0. The van der Waals surface area contributed by atoms with Gasteiger partial charge in [-0.2, -0.15) is 0 Å². The summed E-state index contributed by atoms with van der Waals surface area (Å²) in [4.78, 5) is 33.3. The average molecular weight is 649 g/mol. The molecular weight excluding hydrogens is 609 g/mol. The Morgan fingerprint density at radius 1 is 0.804 bits per heavy atom. The highest BCUT2D eigenvalue weighted by Crippen LogP contribution is 2.26. The molecule has 3 rings (SSSR count). The van der Waals surface area contributed by atoms with Gasteiger partial charge in [-0.3, -0.25) is 9.59 Å². The molecule has 2 aromatic carbocycles. The van der Waals surface area contributed by atoms with Gasteiger partial charge < -0.3 is 40.2 Å². The minimum absolute atomic E-state index is 0.191. The molecule has 3 aromatic rings. The summed E-state index contributed by atoms with van der Waals surface area (Å²) in [6.45, 7) is 4.29. The van der Waals surface area contributed by atoms with Crippen molar-refractivity contribution < 1.29 is 41.7 Å². The van der Waals surface area contributed by atoms with Crippen molar-refractivity contribution >= 4 is 23.3 Å². The predicted octanol–water partition coefficient (Wildman–Crippen LogP) is 3.68. The van der Waals surface area contributed by atoms with Gasteiger partial charge in [0.05, 0.1) is 38.7 Å². The fraction of sp³-hybridized carbons (Fsp3) is 0.419. The number of carbonyl (C=O) groups is 2. The lowest BCUT2D eigenvalue weighted by molar-refractivity contribution is -0.274. The summed E-state index contributed by atoms with van der Waals surface area (Å²) in [7, 11) is 1.90. The van der Waals surface area contributed by atoms with Gasteiger partial charge in [0, 0.05) is 42.6 Å². The smallest absolute Gasteiger partial charge is 0.406 e. The van der Waals surface area contributed by atoms with Gasteiger partial charge in [-0.15, -0.1) is 13.2 Å². The van der Waals surface area contributed by atoms with E-state index in [9.17, 15) is 22.8 Å². The lowest BCUT2D eigenvalue weighted by atomic mass is 10.1. The van der Waals surface area contributed by atoms with E-state index in [2.05, 4.69) is 36.0 Å². The maximum atomic E-state index is 12.7. The number of hydrogen-bond acceptors (Lipinski definition) is 10. The molecule has 2 amide bonds. The van der Waals surface area contributed by atoms with Gasteiger partial charge in [0.1, 0.15) is 17.9 Å². The molecular formula is C31H39F3N6O6. The number of nitrogens with one attached hydrogen (secondary N) is 4. The molecule has 46 heavy (non-hydrogen) atoms. The molecule has 0 fully saturated rings. The zero-order valence-corrected chi connectivity index (χ0v) is 25.5. The first-order chi connectivity index (χ1) is 22.2. The van der Waals surface area contributed by atoms with Crippen molar-refractivity contribution in [3.05, 3.63) is 66.5 Å². The molecule has 1 heterocycles. The quantitative estimate of drug-likeness (QED) is 0.126. The van der Waals surface area contributed by atoms with Crippen molar-refractivity contribution in [2.75, 3.05) is 71.6 Å². The molecule has 0 spiro atoms. The van der Waals surface area contributed by atoms with Crippen LogP contribution in [-0.4, -0.2) is 94.5 Å². The summed E-state index contributed by atoms with van der Waals surface area (Å²) >= 11 is 0. The Hall–Kier alpha value is -4.31. The second-order valence-electron chi connectivity index (χ2n) is 9.75. The molecule has 0 bridgehead atoms. The highest BCUT2D eigenvalue weighted by molar-refractivity contribution is 5.97. The maximum absolute atomic E-state index is 12.7. The second kappa shape index (κ2) is 19.9. The van der Waals surface area contributed by atoms with E-state index >= 15 is 0 Å². The van der Waals surface area contributed by atoms with Crippen LogP contribution in [0.15, 0.2) is 60.9 Å². The van der Waals surface area contributed by atoms with E-state index in [1.54, 1.807) is 30.3 Å². The number of anilines is 2. The molecule has 0 aliphatic carbocycles. The monoisotopic (exact) mass is 648 g/mol. The van der Waals surface area contributed by atoms with Crippen molar-refractivity contribution in [1.82, 2.24) is 25.9 Å². The van der Waals surface area contributed by atoms with Crippen LogP contribution >= 0.6 is 0 Å². The molecule has 12 nitrogen and oxygen atoms in total. The van der Waals surface area contributed by atoms with Crippen LogP contribution in [0.3, 0.4) is 0 Å². The van der Waals surface area contributed by atoms with Crippen molar-refractivity contribution in [3.8, 4) is 17.0 Å². The van der Waals surface area contributed by atoms with Crippen LogP contribution in [-0.2, 0) is 19.0 Å². The first kappa shape index (κ1) is 36.2. The zero-order valence-electron chi connectivity index (χ0n) is 25.5. The van der Waals surface area contributed by atoms with Gasteiger partial charge in [-0.25, -0.2) is 9.97 Å². The molecule has 4 N–H and O–H groups in total. The van der Waals surface area contributed by atoms with E-state index < -0.39 is 12.3 Å². The molecule has 15 heteroatoms. The fourth-order valence-electron chi connectivity index (χ4n) is 3.91. The number of amides is 2. The Bertz CT molecular complexity index is 1350. The third-order valence-electron chi connectivity index (χ3n) is 6.10. The van der Waals surface area contributed by atoms with E-state index in [1.165, 1.54) is 30.6 Å². The SMILES string of the molecule is CNCCCOCCOCCOCCCNC(=O)CNC(=O)c1cccc(-c2cc(Nc3ccc(OC(F)(F)F)cc3)ncn2)c1. The highest BCUT2D eigenvalue weighted by Gasteiger charge is 2.31. The number of rotatable bonds is 21. The Balaban J connectivity index is 1.33. The summed E-state index contributed by atoms with van der Waals surface area (Å²) in [6, 6.07) is 13.5. The minimum Gasteiger partial charge on any atom is -0.406 e. The van der Waals surface area contributed by atoms with Crippen LogP contribution in [0.1, 0.15) is 23.2 Å². The number of nitrogens with zero attached hydrogens (tertiary/aromatic N) is 2. The van der Waals surface area contributed by atoms with E-state index in [0.29, 0.717) is 80.9 Å². The molecule has 1 aromatic heterocycles. The number of alkyl halides is 3. The summed E-state index contributed by atoms with van der Waals surface area (Å²) < 4.78 is 57.4. The Morgan fingerprint density at radius 2 is 1.48 bits per heavy atom. The minimum atomic E-state index is -4.77. The first-order valence-corrected chi connectivity index (χ1v) is 14.7. The predicted molar refractivity (Wildman–Crippen MR) is 165 cm³/mol. The molecule has 250 valence electrons. The Kier molecular flexibility index (Phi) is 15.7. The van der Waals surface area contributed by atoms with Gasteiger partial charge in [0.2, 0.25) is 5.91 Å². The number of aromatic nitrogens is 2. The molecule has 0 saturated carbocycles. The molecule has 0 radical (unpaired) electrons. The van der Waals surface area contributed by atoms with Crippen LogP contribution in [0.2, 0.25) is 0 Å². The van der Waals surface area contributed by atoms with Crippen molar-refractivity contribution in [2.45, 2.75) is 19.2 Å². The summed E-state index contributed by atoms with van der Waals surface area (Å²) in [5.41, 5.74) is 1.93. The number of hydrogen-bond donors (Lipinski definition) is 4. The van der Waals surface area contributed by atoms with Crippen LogP contribution in [0, 0.1) is 0 Å². The third-order valence-corrected chi connectivity index (χ3v) is 6.10. The summed E-state index contributed by atoms with van der Waals surface area (Å²) in [5, 5.41) is 11.4. The second-order valence-corrected chi connectivity index (χ2v) is 9.75. The first-order valence-electron chi connectivity index (χ1n) is 14.7. The average Bonchev–Trinajstić information content (AvgIpc) is 3.04. The summed E-state index contributed by atoms with van der Waals surface area (Å²) in [5.74, 6) is -0.717. The van der Waals surface area contributed by atoms with Crippen molar-refractivity contribution in [2.24, 2.45) is 0 Å². The number of ether oxygens (including phenoxy) is 4. The Morgan fingerprint density at radius 3 is 2.15 bits per heavy atom. The standard InChI is InChI=1S/C31H39F3N6O6/c1-35-11-3-13-43-15-17-45-18-16-44-14-4-12-36-29(41)21-37-30(42)24-6-2-5-23(19-24)27-20-28(39-22-38-27)40-25-7-9-26(10-8-25)46-31(32,33)34/h2,5-10,19-20,22,35H,3-4,11-18,21H2,1H3,(H,36,41)(H,37,42)(H,38,39,40). The lowest BCUT2D eigenvalue weighted by Crippen LogP contribution is -2.37. The molecule has 0 aliphatic heterocycles. The van der Waals surface area contributed by atoms with Crippen molar-refractivity contribution in [1.29, 1.82) is 0 Å². The van der Waals surface area contributed by atoms with E-state index in [1.807, 2.05) is 7.05 Å². The molecule has 0 unspecified atom stereocenters. The maximum Gasteiger partial charge on any atom is 0.573 e. The highest BCUT2D eigenvalue weighted by atomic mass is 19.4. The fourth-order valence-corrected chi connectivity index (χ4v) is 3.91. The van der Waals surface area contributed by atoms with Gasteiger partial charge in [0.25, 0.3) is 5.91 Å². The number of halogens is 3. The lowest BCUT2D eigenvalue weighted by Gasteiger charge is -2.11. The van der Waals surface area contributed by atoms with Crippen LogP contribution in [0.25, 0.3) is 11.3 Å². The number of carbonyl (C=O) groups excluding carboxylic acids is 2. The molecule has 0 saturated heterocycles. The molecule has 0 atom stereocenters. The molecule has 0 aliphatic rings. The van der Waals surface area contributed by atoms with Crippen LogP contribution in [0.5, 0.6) is 5.75 Å². The number of benzene rings is 2. The van der Waals surface area contributed by atoms with Gasteiger partial charge in [-0.1, -0.05) is 12.1 Å². The van der Waals surface area contributed by atoms with E-state index in [-0.39, 0.29) is 18.2 Å². The topological polar surface area (TPSA) is 145 Å².